The number of benzene rings is 1. The van der Waals surface area contributed by atoms with Crippen LogP contribution >= 0.6 is 11.3 Å². The molecule has 0 bridgehead atoms. The molecule has 158 valence electrons. The van der Waals surface area contributed by atoms with Crippen LogP contribution in [0.15, 0.2) is 23.6 Å². The lowest BCUT2D eigenvalue weighted by Crippen LogP contribution is -2.52. The number of thiazole rings is 1. The fourth-order valence-corrected chi connectivity index (χ4v) is 4.63. The number of piperidine rings is 1. The fraction of sp³-hybridized carbons (Fsp3) is 0.429. The Kier molecular flexibility index (Phi) is 5.57. The van der Waals surface area contributed by atoms with Gasteiger partial charge in [0.2, 0.25) is 11.8 Å². The second-order valence-electron chi connectivity index (χ2n) is 8.05. The summed E-state index contributed by atoms with van der Waals surface area (Å²) in [4.78, 5) is 42.9. The Labute approximate surface area is 178 Å². The van der Waals surface area contributed by atoms with Crippen LogP contribution < -0.4 is 16.4 Å². The molecule has 8 nitrogen and oxygen atoms in total. The van der Waals surface area contributed by atoms with Gasteiger partial charge < -0.3 is 16.0 Å². The molecule has 2 atom stereocenters. The van der Waals surface area contributed by atoms with Gasteiger partial charge in [-0.25, -0.2) is 4.98 Å². The second-order valence-corrected chi connectivity index (χ2v) is 8.91. The van der Waals surface area contributed by atoms with Gasteiger partial charge in [-0.1, -0.05) is 32.0 Å². The summed E-state index contributed by atoms with van der Waals surface area (Å²) in [5.74, 6) is -0.555. The third-order valence-corrected chi connectivity index (χ3v) is 6.47. The summed E-state index contributed by atoms with van der Waals surface area (Å²) in [6.07, 6.45) is 0.603. The Morgan fingerprint density at radius 3 is 2.87 bits per heavy atom. The predicted octanol–water partition coefficient (Wildman–Crippen LogP) is 2.17. The highest BCUT2D eigenvalue weighted by Gasteiger charge is 2.39. The minimum absolute atomic E-state index is 0.110. The van der Waals surface area contributed by atoms with E-state index in [-0.39, 0.29) is 24.3 Å². The number of anilines is 1. The second kappa shape index (κ2) is 8.16. The van der Waals surface area contributed by atoms with Gasteiger partial charge in [-0.2, -0.15) is 0 Å². The van der Waals surface area contributed by atoms with Gasteiger partial charge in [0.25, 0.3) is 5.91 Å². The average Bonchev–Trinajstić information content (AvgIpc) is 3.31. The third-order valence-electron chi connectivity index (χ3n) is 5.65. The van der Waals surface area contributed by atoms with Crippen LogP contribution in [0.2, 0.25) is 0 Å². The predicted molar refractivity (Wildman–Crippen MR) is 114 cm³/mol. The molecule has 30 heavy (non-hydrogen) atoms. The molecular formula is C21H25N5O3S. The first-order valence-electron chi connectivity index (χ1n) is 10.1. The quantitative estimate of drug-likeness (QED) is 0.608. The van der Waals surface area contributed by atoms with Crippen LogP contribution in [0.1, 0.15) is 59.9 Å². The SMILES string of the molecule is CC(C)[C@H](N)c1csc(NCc2cccc3c2C(=O)N(C2CCC(=O)NC2=O)C3)n1. The number of hydrogen-bond acceptors (Lipinski definition) is 7. The summed E-state index contributed by atoms with van der Waals surface area (Å²) in [6.45, 7) is 4.94. The molecule has 1 aromatic carbocycles. The number of aromatic nitrogens is 1. The van der Waals surface area contributed by atoms with Crippen LogP contribution in [0, 0.1) is 5.92 Å². The smallest absolute Gasteiger partial charge is 0.255 e. The van der Waals surface area contributed by atoms with Gasteiger partial charge in [0.05, 0.1) is 11.7 Å². The number of fused-ring (bicyclic) bond motifs is 1. The number of rotatable bonds is 6. The van der Waals surface area contributed by atoms with E-state index in [2.05, 4.69) is 29.5 Å². The molecule has 0 radical (unpaired) electrons. The molecule has 0 saturated carbocycles. The van der Waals surface area contributed by atoms with Gasteiger partial charge in [0.15, 0.2) is 5.13 Å². The van der Waals surface area contributed by atoms with Gasteiger partial charge in [0.1, 0.15) is 6.04 Å². The number of nitrogens with one attached hydrogen (secondary N) is 2. The molecule has 1 unspecified atom stereocenters. The highest BCUT2D eigenvalue weighted by Crippen LogP contribution is 2.31. The van der Waals surface area contributed by atoms with Crippen molar-refractivity contribution in [3.63, 3.8) is 0 Å². The minimum Gasteiger partial charge on any atom is -0.357 e. The lowest BCUT2D eigenvalue weighted by atomic mass is 10.0. The van der Waals surface area contributed by atoms with Crippen LogP contribution in [-0.2, 0) is 22.7 Å². The molecule has 1 aromatic heterocycles. The molecule has 0 spiro atoms. The van der Waals surface area contributed by atoms with Crippen molar-refractivity contribution in [2.45, 2.75) is 51.9 Å². The lowest BCUT2D eigenvalue weighted by Gasteiger charge is -2.29. The average molecular weight is 428 g/mol. The molecule has 2 aromatic rings. The van der Waals surface area contributed by atoms with Crippen LogP contribution in [0.25, 0.3) is 0 Å². The highest BCUT2D eigenvalue weighted by atomic mass is 32.1. The van der Waals surface area contributed by atoms with Crippen molar-refractivity contribution in [1.29, 1.82) is 0 Å². The number of amides is 3. The topological polar surface area (TPSA) is 117 Å². The third kappa shape index (κ3) is 3.82. The molecule has 0 aliphatic carbocycles. The van der Waals surface area contributed by atoms with E-state index in [0.29, 0.717) is 31.0 Å². The van der Waals surface area contributed by atoms with Crippen molar-refractivity contribution < 1.29 is 14.4 Å². The molecule has 4 N–H and O–H groups in total. The summed E-state index contributed by atoms with van der Waals surface area (Å²) in [5, 5.41) is 8.34. The maximum Gasteiger partial charge on any atom is 0.255 e. The number of carbonyl (C=O) groups is 3. The fourth-order valence-electron chi connectivity index (χ4n) is 3.87. The number of nitrogens with zero attached hydrogens (tertiary/aromatic N) is 2. The molecule has 3 amide bonds. The van der Waals surface area contributed by atoms with Crippen LogP contribution in [0.5, 0.6) is 0 Å². The van der Waals surface area contributed by atoms with Crippen molar-refractivity contribution >= 4 is 34.2 Å². The van der Waals surface area contributed by atoms with Crippen LogP contribution in [0.4, 0.5) is 5.13 Å². The largest absolute Gasteiger partial charge is 0.357 e. The lowest BCUT2D eigenvalue weighted by molar-refractivity contribution is -0.136. The minimum atomic E-state index is -0.609. The summed E-state index contributed by atoms with van der Waals surface area (Å²) in [7, 11) is 0. The number of imide groups is 1. The van der Waals surface area contributed by atoms with Crippen molar-refractivity contribution in [3.05, 3.63) is 46.0 Å². The maximum absolute atomic E-state index is 13.1. The van der Waals surface area contributed by atoms with Crippen molar-refractivity contribution in [1.82, 2.24) is 15.2 Å². The van der Waals surface area contributed by atoms with E-state index in [1.165, 1.54) is 11.3 Å². The summed E-state index contributed by atoms with van der Waals surface area (Å²) >= 11 is 1.49. The van der Waals surface area contributed by atoms with E-state index in [9.17, 15) is 14.4 Å². The Morgan fingerprint density at radius 2 is 2.13 bits per heavy atom. The van der Waals surface area contributed by atoms with Crippen molar-refractivity contribution in [2.75, 3.05) is 5.32 Å². The van der Waals surface area contributed by atoms with E-state index in [1.807, 2.05) is 23.6 Å². The number of carbonyl (C=O) groups excluding carboxylic acids is 3. The van der Waals surface area contributed by atoms with Gasteiger partial charge >= 0.3 is 0 Å². The zero-order valence-corrected chi connectivity index (χ0v) is 17.8. The Balaban J connectivity index is 1.48. The monoisotopic (exact) mass is 427 g/mol. The van der Waals surface area contributed by atoms with Gasteiger partial charge in [0, 0.05) is 30.5 Å². The zero-order valence-electron chi connectivity index (χ0n) is 17.0. The first kappa shape index (κ1) is 20.5. The number of nitrogens with two attached hydrogens (primary N) is 1. The van der Waals surface area contributed by atoms with E-state index >= 15 is 0 Å². The first-order chi connectivity index (χ1) is 14.3. The van der Waals surface area contributed by atoms with Crippen molar-refractivity contribution in [2.24, 2.45) is 11.7 Å². The van der Waals surface area contributed by atoms with E-state index in [1.54, 1.807) is 4.90 Å². The van der Waals surface area contributed by atoms with Crippen molar-refractivity contribution in [3.8, 4) is 0 Å². The molecular weight excluding hydrogens is 402 g/mol. The molecule has 3 heterocycles. The van der Waals surface area contributed by atoms with Crippen LogP contribution in [0.3, 0.4) is 0 Å². The molecule has 1 saturated heterocycles. The van der Waals surface area contributed by atoms with Gasteiger partial charge in [-0.05, 0) is 23.5 Å². The molecule has 9 heteroatoms. The molecule has 4 rings (SSSR count). The standard InChI is InChI=1S/C21H25N5O3S/c1-11(2)18(22)14-10-30-21(24-14)23-8-12-4-3-5-13-9-26(20(29)17(12)13)15-6-7-16(27)25-19(15)28/h3-5,10-11,15,18H,6-9,22H2,1-2H3,(H,23,24)(H,25,27,28)/t15?,18-/m0/s1. The van der Waals surface area contributed by atoms with E-state index < -0.39 is 11.9 Å². The summed E-state index contributed by atoms with van der Waals surface area (Å²) in [6, 6.07) is 5.01. The molecule has 2 aliphatic rings. The molecule has 2 aliphatic heterocycles. The summed E-state index contributed by atoms with van der Waals surface area (Å²) in [5.41, 5.74) is 9.41. The maximum atomic E-state index is 13.1. The van der Waals surface area contributed by atoms with Gasteiger partial charge in [-0.3, -0.25) is 19.7 Å². The number of hydrogen-bond donors (Lipinski definition) is 3. The highest BCUT2D eigenvalue weighted by molar-refractivity contribution is 7.13. The van der Waals surface area contributed by atoms with Gasteiger partial charge in [-0.15, -0.1) is 11.3 Å². The Hall–Kier alpha value is -2.78. The van der Waals surface area contributed by atoms with E-state index in [4.69, 9.17) is 5.73 Å². The Morgan fingerprint density at radius 1 is 1.33 bits per heavy atom. The Bertz CT molecular complexity index is 1000. The molecule has 1 fully saturated rings. The zero-order chi connectivity index (χ0) is 21.4. The van der Waals surface area contributed by atoms with E-state index in [0.717, 1.165) is 22.0 Å². The first-order valence-corrected chi connectivity index (χ1v) is 10.9. The van der Waals surface area contributed by atoms with Crippen LogP contribution in [-0.4, -0.2) is 33.6 Å². The normalized spacial score (nSPS) is 19.8. The summed E-state index contributed by atoms with van der Waals surface area (Å²) < 4.78 is 0.